The van der Waals surface area contributed by atoms with Gasteiger partial charge in [0.1, 0.15) is 5.69 Å². The summed E-state index contributed by atoms with van der Waals surface area (Å²) in [5.74, 6) is 0.122. The molecule has 9 heteroatoms. The van der Waals surface area contributed by atoms with Crippen LogP contribution in [0.5, 0.6) is 5.88 Å². The molecule has 1 N–H and O–H groups in total. The van der Waals surface area contributed by atoms with Crippen LogP contribution in [0.3, 0.4) is 0 Å². The number of aryl methyl sites for hydroxylation is 1. The zero-order valence-electron chi connectivity index (χ0n) is 15.8. The molecule has 1 aliphatic heterocycles. The van der Waals surface area contributed by atoms with Gasteiger partial charge in [0.25, 0.3) is 5.92 Å². The fourth-order valence-electron chi connectivity index (χ4n) is 2.98. The Labute approximate surface area is 162 Å². The first-order valence-electron chi connectivity index (χ1n) is 9.63. The molecule has 152 valence electrons. The summed E-state index contributed by atoms with van der Waals surface area (Å²) in [7, 11) is 0. The molecule has 5 rings (SSSR count). The molecule has 0 radical (unpaired) electrons. The van der Waals surface area contributed by atoms with Crippen molar-refractivity contribution in [2.75, 3.05) is 24.6 Å². The van der Waals surface area contributed by atoms with E-state index in [4.69, 9.17) is 15.0 Å². The lowest BCUT2D eigenvalue weighted by molar-refractivity contribution is -0.0265. The second-order valence-corrected chi connectivity index (χ2v) is 7.78. The van der Waals surface area contributed by atoms with Crippen LogP contribution in [0.4, 0.5) is 14.5 Å². The van der Waals surface area contributed by atoms with E-state index in [1.54, 1.807) is 30.2 Å². The number of ether oxygens (including phenoxy) is 1. The highest BCUT2D eigenvalue weighted by atomic mass is 19.3. The van der Waals surface area contributed by atoms with Crippen LogP contribution < -0.4 is 9.64 Å². The van der Waals surface area contributed by atoms with E-state index in [0.29, 0.717) is 41.7 Å². The molecule has 0 bridgehead atoms. The molecule has 0 spiro atoms. The summed E-state index contributed by atoms with van der Waals surface area (Å²) in [5.41, 5.74) is 8.34. The molecule has 1 unspecified atom stereocenters. The van der Waals surface area contributed by atoms with E-state index < -0.39 is 5.92 Å². The Hall–Kier alpha value is -2.29. The van der Waals surface area contributed by atoms with Crippen LogP contribution in [0, 0.1) is 18.8 Å². The zero-order chi connectivity index (χ0) is 19.7. The number of pyridine rings is 1. The van der Waals surface area contributed by atoms with Gasteiger partial charge >= 0.3 is 0 Å². The maximum absolute atomic E-state index is 12.8. The molecular weight excluding hydrogens is 368 g/mol. The lowest BCUT2D eigenvalue weighted by atomic mass is 10.1. The second kappa shape index (κ2) is 7.62. The highest BCUT2D eigenvalue weighted by Crippen LogP contribution is 2.41. The Morgan fingerprint density at radius 1 is 1.32 bits per heavy atom. The fourth-order valence-corrected chi connectivity index (χ4v) is 2.98. The third-order valence-electron chi connectivity index (χ3n) is 5.00. The number of nitrogens with zero attached hydrogens (tertiary/aromatic N) is 4. The second-order valence-electron chi connectivity index (χ2n) is 7.78. The van der Waals surface area contributed by atoms with Crippen LogP contribution in [-0.4, -0.2) is 40.7 Å². The van der Waals surface area contributed by atoms with Gasteiger partial charge in [-0.2, -0.15) is 4.98 Å². The minimum Gasteiger partial charge on any atom is -0.668 e. The molecule has 2 aromatic heterocycles. The van der Waals surface area contributed by atoms with E-state index in [9.17, 15) is 8.78 Å². The average molecular weight is 392 g/mol. The summed E-state index contributed by atoms with van der Waals surface area (Å²) in [6.07, 6.45) is 6.31. The Morgan fingerprint density at radius 2 is 2.07 bits per heavy atom. The lowest BCUT2D eigenvalue weighted by Crippen LogP contribution is -2.56. The largest absolute Gasteiger partial charge is 0.668 e. The molecule has 3 fully saturated rings. The van der Waals surface area contributed by atoms with E-state index in [-0.39, 0.29) is 19.1 Å². The van der Waals surface area contributed by atoms with Crippen LogP contribution in [0.2, 0.25) is 0 Å². The SMILES string of the molecule is Cc1nc(C([NH-])C2CC2)no1.FC1(F)CN(c2cccnc2OCC2CC2)C1. The van der Waals surface area contributed by atoms with Crippen molar-refractivity contribution in [3.05, 3.63) is 35.8 Å². The molecule has 2 saturated carbocycles. The van der Waals surface area contributed by atoms with Crippen molar-refractivity contribution < 1.29 is 18.0 Å². The molecule has 2 aromatic rings. The third kappa shape index (κ3) is 4.76. The molecule has 0 aromatic carbocycles. The minimum absolute atomic E-state index is 0.238. The normalized spacial score (nSPS) is 21.4. The van der Waals surface area contributed by atoms with E-state index >= 15 is 0 Å². The van der Waals surface area contributed by atoms with E-state index in [0.717, 1.165) is 12.8 Å². The van der Waals surface area contributed by atoms with Gasteiger partial charge in [-0.05, 0) is 30.9 Å². The summed E-state index contributed by atoms with van der Waals surface area (Å²) in [6, 6.07) is 3.27. The number of anilines is 1. The molecule has 0 amide bonds. The smallest absolute Gasteiger partial charge is 0.282 e. The van der Waals surface area contributed by atoms with E-state index in [2.05, 4.69) is 15.1 Å². The van der Waals surface area contributed by atoms with Crippen LogP contribution >= 0.6 is 0 Å². The summed E-state index contributed by atoms with van der Waals surface area (Å²) in [4.78, 5) is 9.73. The number of hydrogen-bond donors (Lipinski definition) is 0. The molecule has 2 aliphatic carbocycles. The number of halogens is 2. The van der Waals surface area contributed by atoms with Crippen molar-refractivity contribution in [3.63, 3.8) is 0 Å². The lowest BCUT2D eigenvalue weighted by Gasteiger charge is -2.40. The number of hydrogen-bond acceptors (Lipinski definition) is 6. The maximum atomic E-state index is 12.8. The molecule has 1 saturated heterocycles. The fraction of sp³-hybridized carbons (Fsp3) is 0.632. The number of nitrogens with one attached hydrogen (secondary N) is 1. The zero-order valence-corrected chi connectivity index (χ0v) is 15.8. The molecule has 3 heterocycles. The first-order valence-corrected chi connectivity index (χ1v) is 9.63. The van der Waals surface area contributed by atoms with Crippen LogP contribution in [0.15, 0.2) is 22.9 Å². The average Bonchev–Trinajstić information content (AvgIpc) is 3.57. The first-order chi connectivity index (χ1) is 13.4. The van der Waals surface area contributed by atoms with Gasteiger partial charge in [-0.25, -0.2) is 13.8 Å². The Balaban J connectivity index is 0.000000151. The monoisotopic (exact) mass is 392 g/mol. The topological polar surface area (TPSA) is 88.1 Å². The van der Waals surface area contributed by atoms with Crippen molar-refractivity contribution in [2.45, 2.75) is 44.6 Å². The van der Waals surface area contributed by atoms with Crippen molar-refractivity contribution in [1.29, 1.82) is 0 Å². The molecule has 3 aliphatic rings. The van der Waals surface area contributed by atoms with Crippen LogP contribution in [0.25, 0.3) is 5.73 Å². The van der Waals surface area contributed by atoms with Gasteiger partial charge in [-0.15, -0.1) is 0 Å². The number of alkyl halides is 2. The van der Waals surface area contributed by atoms with Gasteiger partial charge in [0, 0.05) is 13.1 Å². The summed E-state index contributed by atoms with van der Waals surface area (Å²) >= 11 is 0. The molecule has 7 nitrogen and oxygen atoms in total. The first kappa shape index (κ1) is 19.0. The van der Waals surface area contributed by atoms with Crippen LogP contribution in [-0.2, 0) is 0 Å². The summed E-state index contributed by atoms with van der Waals surface area (Å²) < 4.78 is 36.0. The number of aromatic nitrogens is 3. The van der Waals surface area contributed by atoms with Gasteiger partial charge in [0.15, 0.2) is 5.82 Å². The van der Waals surface area contributed by atoms with Crippen molar-refractivity contribution in [2.24, 2.45) is 11.8 Å². The Kier molecular flexibility index (Phi) is 5.18. The molecular formula is C19H24F2N5O2-. The van der Waals surface area contributed by atoms with Crippen molar-refractivity contribution in [1.82, 2.24) is 15.1 Å². The highest BCUT2D eigenvalue weighted by molar-refractivity contribution is 5.57. The Bertz CT molecular complexity index is 799. The molecule has 28 heavy (non-hydrogen) atoms. The van der Waals surface area contributed by atoms with Gasteiger partial charge in [-0.1, -0.05) is 30.0 Å². The standard InChI is InChI=1S/C12H14F2N2O.C7H10N3O/c13-12(14)7-16(8-12)10-2-1-5-15-11(10)17-6-9-3-4-9;1-4-9-7(10-11-4)6(8)5-2-3-5/h1-2,5,9H,3-4,6-8H2;5-6,8H,2-3H2,1H3/q;-1. The maximum Gasteiger partial charge on any atom is 0.282 e. The predicted octanol–water partition coefficient (Wildman–Crippen LogP) is 4.21. The minimum atomic E-state index is -2.57. The Morgan fingerprint density at radius 3 is 2.64 bits per heavy atom. The summed E-state index contributed by atoms with van der Waals surface area (Å²) in [6.45, 7) is 1.92. The molecule has 1 atom stereocenters. The van der Waals surface area contributed by atoms with Crippen LogP contribution in [0.1, 0.15) is 43.4 Å². The van der Waals surface area contributed by atoms with Gasteiger partial charge in [0.05, 0.1) is 19.7 Å². The van der Waals surface area contributed by atoms with Gasteiger partial charge in [-0.3, -0.25) is 0 Å². The summed E-state index contributed by atoms with van der Waals surface area (Å²) in [5, 5.41) is 3.70. The predicted molar refractivity (Wildman–Crippen MR) is 98.4 cm³/mol. The quantitative estimate of drug-likeness (QED) is 0.732. The van der Waals surface area contributed by atoms with Crippen molar-refractivity contribution >= 4 is 5.69 Å². The van der Waals surface area contributed by atoms with E-state index in [1.807, 2.05) is 0 Å². The highest BCUT2D eigenvalue weighted by Gasteiger charge is 2.45. The third-order valence-corrected chi connectivity index (χ3v) is 5.00. The number of rotatable bonds is 6. The van der Waals surface area contributed by atoms with Crippen molar-refractivity contribution in [3.8, 4) is 5.88 Å². The van der Waals surface area contributed by atoms with Gasteiger partial charge < -0.3 is 19.9 Å². The van der Waals surface area contributed by atoms with Gasteiger partial charge in [0.2, 0.25) is 11.8 Å². The van der Waals surface area contributed by atoms with E-state index in [1.165, 1.54) is 12.8 Å².